The van der Waals surface area contributed by atoms with Crippen LogP contribution in [-0.2, 0) is 10.2 Å². The van der Waals surface area contributed by atoms with Crippen LogP contribution in [-0.4, -0.2) is 39.6 Å². The molecule has 0 aromatic carbocycles. The average molecular weight is 337 g/mol. The molecule has 128 valence electrons. The lowest BCUT2D eigenvalue weighted by Gasteiger charge is -2.34. The molecule has 1 amide bonds. The lowest BCUT2D eigenvalue weighted by molar-refractivity contribution is -0.121. The Morgan fingerprint density at radius 1 is 1.13 bits per heavy atom. The summed E-state index contributed by atoms with van der Waals surface area (Å²) in [5, 5.41) is 13.0. The summed E-state index contributed by atoms with van der Waals surface area (Å²) in [6.45, 7) is 7.40. The predicted octanol–water partition coefficient (Wildman–Crippen LogP) is 3.57. The third kappa shape index (κ3) is 3.91. The number of carbonyl (C=O) groups is 1. The summed E-state index contributed by atoms with van der Waals surface area (Å²) in [6, 6.07) is 0.613. The van der Waals surface area contributed by atoms with Gasteiger partial charge in [0.1, 0.15) is 5.01 Å². The standard InChI is InChI=1S/C17H28N4OS/c1-17(2,3)15-19-20-16(23-15)18-14(22)13-10-7-11-21(13)12-8-5-4-6-9-12/h12-13H,4-11H2,1-3H3,(H,18,20,22)/t13-/m0/s1. The zero-order valence-electron chi connectivity index (χ0n) is 14.5. The molecule has 1 N–H and O–H groups in total. The summed E-state index contributed by atoms with van der Waals surface area (Å²) in [7, 11) is 0. The van der Waals surface area contributed by atoms with Crippen molar-refractivity contribution in [3.63, 3.8) is 0 Å². The first-order valence-electron chi connectivity index (χ1n) is 8.86. The van der Waals surface area contributed by atoms with E-state index in [0.717, 1.165) is 24.4 Å². The molecule has 0 bridgehead atoms. The number of amides is 1. The van der Waals surface area contributed by atoms with E-state index in [0.29, 0.717) is 11.2 Å². The highest BCUT2D eigenvalue weighted by Gasteiger charge is 2.36. The van der Waals surface area contributed by atoms with E-state index in [1.54, 1.807) is 0 Å². The molecular formula is C17H28N4OS. The predicted molar refractivity (Wildman–Crippen MR) is 93.8 cm³/mol. The van der Waals surface area contributed by atoms with Crippen LogP contribution in [0.1, 0.15) is 70.7 Å². The van der Waals surface area contributed by atoms with Gasteiger partial charge in [0.25, 0.3) is 0 Å². The van der Waals surface area contributed by atoms with Gasteiger partial charge in [0.2, 0.25) is 11.0 Å². The van der Waals surface area contributed by atoms with Crippen molar-refractivity contribution in [3.05, 3.63) is 5.01 Å². The Morgan fingerprint density at radius 3 is 2.52 bits per heavy atom. The molecule has 1 saturated carbocycles. The molecule has 3 rings (SSSR count). The van der Waals surface area contributed by atoms with E-state index in [1.807, 2.05) is 0 Å². The van der Waals surface area contributed by atoms with E-state index >= 15 is 0 Å². The Bertz CT molecular complexity index is 545. The second kappa shape index (κ2) is 6.85. The molecule has 2 aliphatic rings. The SMILES string of the molecule is CC(C)(C)c1nnc(NC(=O)[C@@H]2CCCN2C2CCCCC2)s1. The van der Waals surface area contributed by atoms with E-state index in [4.69, 9.17) is 0 Å². The number of nitrogens with zero attached hydrogens (tertiary/aromatic N) is 3. The number of aromatic nitrogens is 2. The second-order valence-corrected chi connectivity index (χ2v) is 8.82. The molecule has 1 atom stereocenters. The summed E-state index contributed by atoms with van der Waals surface area (Å²) >= 11 is 1.49. The van der Waals surface area contributed by atoms with Crippen molar-refractivity contribution in [1.29, 1.82) is 0 Å². The van der Waals surface area contributed by atoms with Crippen molar-refractivity contribution in [1.82, 2.24) is 15.1 Å². The third-order valence-electron chi connectivity index (χ3n) is 4.94. The van der Waals surface area contributed by atoms with Gasteiger partial charge in [-0.3, -0.25) is 15.0 Å². The average Bonchev–Trinajstić information content (AvgIpc) is 3.16. The lowest BCUT2D eigenvalue weighted by atomic mass is 9.93. The first-order chi connectivity index (χ1) is 10.9. The van der Waals surface area contributed by atoms with E-state index in [2.05, 4.69) is 41.2 Å². The number of likely N-dealkylation sites (tertiary alicyclic amines) is 1. The van der Waals surface area contributed by atoms with Gasteiger partial charge in [0.05, 0.1) is 6.04 Å². The first-order valence-corrected chi connectivity index (χ1v) is 9.67. The summed E-state index contributed by atoms with van der Waals surface area (Å²) in [6.07, 6.45) is 8.54. The fraction of sp³-hybridized carbons (Fsp3) is 0.824. The Kier molecular flexibility index (Phi) is 5.01. The summed E-state index contributed by atoms with van der Waals surface area (Å²) in [5.74, 6) is 0.102. The molecule has 2 heterocycles. The highest BCUT2D eigenvalue weighted by molar-refractivity contribution is 7.15. The van der Waals surface area contributed by atoms with Crippen molar-refractivity contribution < 1.29 is 4.79 Å². The van der Waals surface area contributed by atoms with Crippen LogP contribution in [0.25, 0.3) is 0 Å². The highest BCUT2D eigenvalue weighted by Crippen LogP contribution is 2.31. The van der Waals surface area contributed by atoms with Gasteiger partial charge in [-0.2, -0.15) is 0 Å². The van der Waals surface area contributed by atoms with Crippen molar-refractivity contribution in [3.8, 4) is 0 Å². The van der Waals surface area contributed by atoms with E-state index in [1.165, 1.54) is 43.4 Å². The van der Waals surface area contributed by atoms with Crippen LogP contribution < -0.4 is 5.32 Å². The minimum Gasteiger partial charge on any atom is -0.299 e. The van der Waals surface area contributed by atoms with Gasteiger partial charge in [0, 0.05) is 11.5 Å². The van der Waals surface area contributed by atoms with Gasteiger partial charge in [0.15, 0.2) is 0 Å². The number of nitrogens with one attached hydrogen (secondary N) is 1. The van der Waals surface area contributed by atoms with Gasteiger partial charge in [-0.25, -0.2) is 0 Å². The van der Waals surface area contributed by atoms with Crippen molar-refractivity contribution in [2.24, 2.45) is 0 Å². The number of hydrogen-bond acceptors (Lipinski definition) is 5. The van der Waals surface area contributed by atoms with Crippen LogP contribution in [0.3, 0.4) is 0 Å². The largest absolute Gasteiger partial charge is 0.299 e. The normalized spacial score (nSPS) is 24.0. The molecule has 5 nitrogen and oxygen atoms in total. The molecule has 1 aromatic heterocycles. The smallest absolute Gasteiger partial charge is 0.243 e. The maximum Gasteiger partial charge on any atom is 0.243 e. The maximum atomic E-state index is 12.7. The van der Waals surface area contributed by atoms with Crippen LogP contribution >= 0.6 is 11.3 Å². The van der Waals surface area contributed by atoms with Crippen molar-refractivity contribution in [2.45, 2.75) is 83.2 Å². The Balaban J connectivity index is 1.63. The monoisotopic (exact) mass is 336 g/mol. The van der Waals surface area contributed by atoms with Gasteiger partial charge in [-0.15, -0.1) is 10.2 Å². The van der Waals surface area contributed by atoms with Crippen LogP contribution in [0.5, 0.6) is 0 Å². The molecule has 1 aliphatic carbocycles. The molecule has 0 spiro atoms. The van der Waals surface area contributed by atoms with Crippen LogP contribution in [0.2, 0.25) is 0 Å². The highest BCUT2D eigenvalue weighted by atomic mass is 32.1. The fourth-order valence-corrected chi connectivity index (χ4v) is 4.49. The van der Waals surface area contributed by atoms with Gasteiger partial charge >= 0.3 is 0 Å². The van der Waals surface area contributed by atoms with E-state index < -0.39 is 0 Å². The van der Waals surface area contributed by atoms with Crippen LogP contribution in [0.15, 0.2) is 0 Å². The van der Waals surface area contributed by atoms with Crippen molar-refractivity contribution >= 4 is 22.4 Å². The number of rotatable bonds is 3. The van der Waals surface area contributed by atoms with Gasteiger partial charge in [-0.05, 0) is 32.2 Å². The summed E-state index contributed by atoms with van der Waals surface area (Å²) in [5.41, 5.74) is -0.0257. The zero-order chi connectivity index (χ0) is 16.4. The number of hydrogen-bond donors (Lipinski definition) is 1. The molecule has 0 unspecified atom stereocenters. The van der Waals surface area contributed by atoms with Gasteiger partial charge in [-0.1, -0.05) is 51.4 Å². The molecule has 1 saturated heterocycles. The lowest BCUT2D eigenvalue weighted by Crippen LogP contribution is -2.46. The molecule has 23 heavy (non-hydrogen) atoms. The second-order valence-electron chi connectivity index (χ2n) is 7.84. The maximum absolute atomic E-state index is 12.7. The quantitative estimate of drug-likeness (QED) is 0.917. The molecular weight excluding hydrogens is 308 g/mol. The van der Waals surface area contributed by atoms with E-state index in [-0.39, 0.29) is 17.4 Å². The number of carbonyl (C=O) groups excluding carboxylic acids is 1. The van der Waals surface area contributed by atoms with E-state index in [9.17, 15) is 4.79 Å². The molecule has 2 fully saturated rings. The summed E-state index contributed by atoms with van der Waals surface area (Å²) < 4.78 is 0. The minimum absolute atomic E-state index is 0.0140. The minimum atomic E-state index is -0.0257. The van der Waals surface area contributed by atoms with Crippen LogP contribution in [0.4, 0.5) is 5.13 Å². The third-order valence-corrected chi connectivity index (χ3v) is 6.20. The molecule has 1 aliphatic heterocycles. The molecule has 0 radical (unpaired) electrons. The topological polar surface area (TPSA) is 58.1 Å². The molecule has 1 aromatic rings. The Morgan fingerprint density at radius 2 is 1.87 bits per heavy atom. The molecule has 6 heteroatoms. The Hall–Kier alpha value is -1.01. The first kappa shape index (κ1) is 16.8. The summed E-state index contributed by atoms with van der Waals surface area (Å²) in [4.78, 5) is 15.2. The Labute approximate surface area is 142 Å². The van der Waals surface area contributed by atoms with Crippen LogP contribution in [0, 0.1) is 0 Å². The fourth-order valence-electron chi connectivity index (χ4n) is 3.69. The zero-order valence-corrected chi connectivity index (χ0v) is 15.3. The van der Waals surface area contributed by atoms with Crippen molar-refractivity contribution in [2.75, 3.05) is 11.9 Å². The number of anilines is 1. The van der Waals surface area contributed by atoms with Gasteiger partial charge < -0.3 is 0 Å².